The Bertz CT molecular complexity index is 470. The zero-order valence-corrected chi connectivity index (χ0v) is 9.17. The standard InChI is InChI=1S/C11H10N2O4/c1-2-17-11(14)5-3-4-9-6-7-10(8-12-9)13(15)16/h6-8H,2,5H2,1H3. The van der Waals surface area contributed by atoms with Gasteiger partial charge in [0.15, 0.2) is 0 Å². The van der Waals surface area contributed by atoms with Gasteiger partial charge in [0, 0.05) is 6.07 Å². The normalized spacial score (nSPS) is 9.00. The van der Waals surface area contributed by atoms with E-state index in [4.69, 9.17) is 0 Å². The first-order chi connectivity index (χ1) is 8.13. The monoisotopic (exact) mass is 234 g/mol. The molecular weight excluding hydrogens is 224 g/mol. The lowest BCUT2D eigenvalue weighted by Gasteiger charge is -1.94. The van der Waals surface area contributed by atoms with Gasteiger partial charge >= 0.3 is 5.97 Å². The molecule has 6 nitrogen and oxygen atoms in total. The van der Waals surface area contributed by atoms with Gasteiger partial charge in [-0.15, -0.1) is 0 Å². The van der Waals surface area contributed by atoms with Crippen molar-refractivity contribution in [2.75, 3.05) is 6.61 Å². The smallest absolute Gasteiger partial charge is 0.317 e. The van der Waals surface area contributed by atoms with Crippen LogP contribution < -0.4 is 0 Å². The van der Waals surface area contributed by atoms with E-state index in [2.05, 4.69) is 21.6 Å². The SMILES string of the molecule is CCOC(=O)CC#Cc1ccc([N+](=O)[O-])cn1. The van der Waals surface area contributed by atoms with Crippen molar-refractivity contribution in [2.24, 2.45) is 0 Å². The number of rotatable bonds is 3. The minimum Gasteiger partial charge on any atom is -0.465 e. The third kappa shape index (κ3) is 4.30. The topological polar surface area (TPSA) is 82.3 Å². The number of esters is 1. The molecule has 17 heavy (non-hydrogen) atoms. The molecule has 0 fully saturated rings. The highest BCUT2D eigenvalue weighted by Crippen LogP contribution is 2.07. The van der Waals surface area contributed by atoms with Gasteiger partial charge in [-0.05, 0) is 18.9 Å². The van der Waals surface area contributed by atoms with Crippen LogP contribution in [0.25, 0.3) is 0 Å². The van der Waals surface area contributed by atoms with E-state index in [1.165, 1.54) is 12.1 Å². The average Bonchev–Trinajstić information content (AvgIpc) is 2.30. The molecule has 1 heterocycles. The molecule has 0 aliphatic carbocycles. The van der Waals surface area contributed by atoms with Gasteiger partial charge in [-0.1, -0.05) is 5.92 Å². The Labute approximate surface area is 97.8 Å². The van der Waals surface area contributed by atoms with E-state index >= 15 is 0 Å². The van der Waals surface area contributed by atoms with E-state index in [-0.39, 0.29) is 12.1 Å². The first-order valence-electron chi connectivity index (χ1n) is 4.88. The first-order valence-corrected chi connectivity index (χ1v) is 4.88. The number of ether oxygens (including phenoxy) is 1. The van der Waals surface area contributed by atoms with Crippen molar-refractivity contribution >= 4 is 11.7 Å². The highest BCUT2D eigenvalue weighted by molar-refractivity contribution is 5.72. The molecule has 0 bridgehead atoms. The Hall–Kier alpha value is -2.42. The lowest BCUT2D eigenvalue weighted by atomic mass is 10.3. The van der Waals surface area contributed by atoms with E-state index in [0.717, 1.165) is 6.20 Å². The molecule has 0 spiro atoms. The van der Waals surface area contributed by atoms with E-state index in [1.54, 1.807) is 6.92 Å². The molecule has 1 aromatic rings. The van der Waals surface area contributed by atoms with Crippen LogP contribution in [0.2, 0.25) is 0 Å². The van der Waals surface area contributed by atoms with Gasteiger partial charge in [-0.3, -0.25) is 14.9 Å². The number of hydrogen-bond donors (Lipinski definition) is 0. The van der Waals surface area contributed by atoms with Crippen LogP contribution in [0.1, 0.15) is 19.0 Å². The van der Waals surface area contributed by atoms with Crippen molar-refractivity contribution in [2.45, 2.75) is 13.3 Å². The Morgan fingerprint density at radius 2 is 2.35 bits per heavy atom. The van der Waals surface area contributed by atoms with Crippen LogP contribution in [0.5, 0.6) is 0 Å². The van der Waals surface area contributed by atoms with Gasteiger partial charge in [-0.2, -0.15) is 0 Å². The summed E-state index contributed by atoms with van der Waals surface area (Å²) in [4.78, 5) is 24.5. The molecule has 0 radical (unpaired) electrons. The number of hydrogen-bond acceptors (Lipinski definition) is 5. The predicted molar refractivity (Wildman–Crippen MR) is 59.0 cm³/mol. The predicted octanol–water partition coefficient (Wildman–Crippen LogP) is 1.29. The molecular formula is C11H10N2O4. The molecule has 0 aliphatic rings. The van der Waals surface area contributed by atoms with Crippen LogP contribution in [0.4, 0.5) is 5.69 Å². The molecule has 0 saturated carbocycles. The van der Waals surface area contributed by atoms with Crippen molar-refractivity contribution in [3.63, 3.8) is 0 Å². The second-order valence-electron chi connectivity index (χ2n) is 2.94. The van der Waals surface area contributed by atoms with Crippen LogP contribution in [-0.4, -0.2) is 22.5 Å². The third-order valence-electron chi connectivity index (χ3n) is 1.71. The molecule has 0 atom stereocenters. The Balaban J connectivity index is 2.60. The fourth-order valence-electron chi connectivity index (χ4n) is 0.987. The van der Waals surface area contributed by atoms with Crippen molar-refractivity contribution in [3.8, 4) is 11.8 Å². The van der Waals surface area contributed by atoms with Crippen molar-refractivity contribution in [1.29, 1.82) is 0 Å². The van der Waals surface area contributed by atoms with Gasteiger partial charge in [0.1, 0.15) is 18.3 Å². The van der Waals surface area contributed by atoms with Gasteiger partial charge in [0.25, 0.3) is 5.69 Å². The van der Waals surface area contributed by atoms with E-state index < -0.39 is 10.9 Å². The van der Waals surface area contributed by atoms with Gasteiger partial charge in [0.2, 0.25) is 0 Å². The highest BCUT2D eigenvalue weighted by atomic mass is 16.6. The maximum absolute atomic E-state index is 10.9. The van der Waals surface area contributed by atoms with Crippen molar-refractivity contribution in [1.82, 2.24) is 4.98 Å². The lowest BCUT2D eigenvalue weighted by Crippen LogP contribution is -2.01. The second-order valence-corrected chi connectivity index (χ2v) is 2.94. The fourth-order valence-corrected chi connectivity index (χ4v) is 0.987. The molecule has 88 valence electrons. The number of aromatic nitrogens is 1. The zero-order valence-electron chi connectivity index (χ0n) is 9.17. The number of carbonyl (C=O) groups excluding carboxylic acids is 1. The molecule has 0 N–H and O–H groups in total. The Kier molecular flexibility index (Phi) is 4.63. The fraction of sp³-hybridized carbons (Fsp3) is 0.273. The third-order valence-corrected chi connectivity index (χ3v) is 1.71. The summed E-state index contributed by atoms with van der Waals surface area (Å²) in [6.07, 6.45) is 1.10. The van der Waals surface area contributed by atoms with Crippen LogP contribution in [0.3, 0.4) is 0 Å². The summed E-state index contributed by atoms with van der Waals surface area (Å²) in [5.74, 6) is 4.79. The number of carbonyl (C=O) groups is 1. The Morgan fingerprint density at radius 3 is 2.88 bits per heavy atom. The summed E-state index contributed by atoms with van der Waals surface area (Å²) in [7, 11) is 0. The maximum Gasteiger partial charge on any atom is 0.317 e. The molecule has 0 aromatic carbocycles. The van der Waals surface area contributed by atoms with Crippen LogP contribution in [0.15, 0.2) is 18.3 Å². The summed E-state index contributed by atoms with van der Waals surface area (Å²) in [5.41, 5.74) is 0.279. The summed E-state index contributed by atoms with van der Waals surface area (Å²) in [6, 6.07) is 2.73. The van der Waals surface area contributed by atoms with Crippen LogP contribution >= 0.6 is 0 Å². The first kappa shape index (κ1) is 12.6. The average molecular weight is 234 g/mol. The molecule has 6 heteroatoms. The molecule has 0 amide bonds. The quantitative estimate of drug-likeness (QED) is 0.340. The highest BCUT2D eigenvalue weighted by Gasteiger charge is 2.03. The molecule has 1 aromatic heterocycles. The van der Waals surface area contributed by atoms with E-state index in [9.17, 15) is 14.9 Å². The summed E-state index contributed by atoms with van der Waals surface area (Å²) in [5, 5.41) is 10.4. The van der Waals surface area contributed by atoms with Crippen LogP contribution in [0, 0.1) is 22.0 Å². The van der Waals surface area contributed by atoms with Gasteiger partial charge in [0.05, 0.1) is 11.5 Å². The lowest BCUT2D eigenvalue weighted by molar-refractivity contribution is -0.385. The summed E-state index contributed by atoms with van der Waals surface area (Å²) >= 11 is 0. The van der Waals surface area contributed by atoms with Gasteiger partial charge < -0.3 is 4.74 Å². The van der Waals surface area contributed by atoms with Gasteiger partial charge in [-0.25, -0.2) is 4.98 Å². The van der Waals surface area contributed by atoms with E-state index in [0.29, 0.717) is 12.3 Å². The summed E-state index contributed by atoms with van der Waals surface area (Å²) < 4.78 is 4.68. The number of nitrogens with zero attached hydrogens (tertiary/aromatic N) is 2. The van der Waals surface area contributed by atoms with E-state index in [1.807, 2.05) is 0 Å². The second kappa shape index (κ2) is 6.23. The zero-order chi connectivity index (χ0) is 12.7. The van der Waals surface area contributed by atoms with Crippen molar-refractivity contribution in [3.05, 3.63) is 34.1 Å². The number of nitro groups is 1. The summed E-state index contributed by atoms with van der Waals surface area (Å²) in [6.45, 7) is 2.03. The maximum atomic E-state index is 10.9. The van der Waals surface area contributed by atoms with Crippen molar-refractivity contribution < 1.29 is 14.5 Å². The number of pyridine rings is 1. The molecule has 0 unspecified atom stereocenters. The largest absolute Gasteiger partial charge is 0.465 e. The molecule has 0 saturated heterocycles. The minimum atomic E-state index is -0.539. The van der Waals surface area contributed by atoms with Crippen LogP contribution in [-0.2, 0) is 9.53 Å². The Morgan fingerprint density at radius 1 is 1.59 bits per heavy atom. The minimum absolute atomic E-state index is 0.0213. The molecule has 0 aliphatic heterocycles. The molecule has 1 rings (SSSR count).